The Balaban J connectivity index is 2.21. The molecule has 0 bridgehead atoms. The third-order valence-corrected chi connectivity index (χ3v) is 1.82. The average Bonchev–Trinajstić information content (AvgIpc) is 2.58. The Morgan fingerprint density at radius 3 is 2.60 bits per heavy atom. The molecule has 0 saturated heterocycles. The van der Waals surface area contributed by atoms with Gasteiger partial charge in [-0.2, -0.15) is 0 Å². The van der Waals surface area contributed by atoms with Crippen molar-refractivity contribution >= 4 is 6.01 Å². The van der Waals surface area contributed by atoms with Crippen LogP contribution in [0.15, 0.2) is 22.6 Å². The third kappa shape index (κ3) is 2.09. The van der Waals surface area contributed by atoms with Crippen LogP contribution in [0.3, 0.4) is 0 Å². The molecule has 0 unspecified atom stereocenters. The van der Waals surface area contributed by atoms with Crippen LogP contribution in [0.25, 0.3) is 0 Å². The summed E-state index contributed by atoms with van der Waals surface area (Å²) in [5.41, 5.74) is 5.75. The first-order valence-corrected chi connectivity index (χ1v) is 4.17. The molecule has 0 radical (unpaired) electrons. The van der Waals surface area contributed by atoms with Gasteiger partial charge in [-0.25, -0.2) is 8.78 Å². The molecule has 0 fully saturated rings. The molecule has 0 atom stereocenters. The fourth-order valence-corrected chi connectivity index (χ4v) is 1.16. The standard InChI is InChI=1S/C9H7F2N3O/c10-6-2-1-5(3-7(6)11)4-8-13-14-9(12)15-8/h1-3H,4H2,(H2,12,14). The summed E-state index contributed by atoms with van der Waals surface area (Å²) in [5.74, 6) is -1.53. The molecule has 2 rings (SSSR count). The van der Waals surface area contributed by atoms with E-state index in [1.54, 1.807) is 0 Å². The van der Waals surface area contributed by atoms with Crippen molar-refractivity contribution < 1.29 is 13.2 Å². The van der Waals surface area contributed by atoms with Crippen molar-refractivity contribution in [1.29, 1.82) is 0 Å². The second kappa shape index (κ2) is 3.64. The predicted octanol–water partition coefficient (Wildman–Crippen LogP) is 1.52. The van der Waals surface area contributed by atoms with Gasteiger partial charge >= 0.3 is 6.01 Å². The van der Waals surface area contributed by atoms with Crippen molar-refractivity contribution in [2.75, 3.05) is 5.73 Å². The Kier molecular flexibility index (Phi) is 2.32. The number of halogens is 2. The molecule has 0 aliphatic rings. The van der Waals surface area contributed by atoms with Crippen LogP contribution in [0.1, 0.15) is 11.5 Å². The Bertz CT molecular complexity index is 484. The summed E-state index contributed by atoms with van der Waals surface area (Å²) in [6, 6.07) is 3.52. The molecule has 1 aromatic heterocycles. The molecule has 6 heteroatoms. The van der Waals surface area contributed by atoms with Crippen LogP contribution in [-0.4, -0.2) is 10.2 Å². The highest BCUT2D eigenvalue weighted by atomic mass is 19.2. The number of hydrogen-bond acceptors (Lipinski definition) is 4. The Morgan fingerprint density at radius 1 is 1.20 bits per heavy atom. The van der Waals surface area contributed by atoms with Gasteiger partial charge in [0, 0.05) is 0 Å². The van der Waals surface area contributed by atoms with E-state index in [0.29, 0.717) is 5.56 Å². The molecule has 2 N–H and O–H groups in total. The van der Waals surface area contributed by atoms with E-state index in [9.17, 15) is 8.78 Å². The van der Waals surface area contributed by atoms with Gasteiger partial charge in [0.15, 0.2) is 11.6 Å². The molecular weight excluding hydrogens is 204 g/mol. The topological polar surface area (TPSA) is 64.9 Å². The highest BCUT2D eigenvalue weighted by molar-refractivity contribution is 5.21. The maximum atomic E-state index is 12.8. The van der Waals surface area contributed by atoms with E-state index >= 15 is 0 Å². The zero-order valence-corrected chi connectivity index (χ0v) is 7.58. The zero-order chi connectivity index (χ0) is 10.8. The molecule has 0 aliphatic heterocycles. The van der Waals surface area contributed by atoms with Gasteiger partial charge in [0.25, 0.3) is 0 Å². The van der Waals surface area contributed by atoms with Gasteiger partial charge in [0.05, 0.1) is 6.42 Å². The first-order chi connectivity index (χ1) is 7.15. The predicted molar refractivity (Wildman–Crippen MR) is 47.9 cm³/mol. The molecule has 15 heavy (non-hydrogen) atoms. The Hall–Kier alpha value is -1.98. The van der Waals surface area contributed by atoms with Crippen LogP contribution in [0.2, 0.25) is 0 Å². The van der Waals surface area contributed by atoms with Crippen LogP contribution >= 0.6 is 0 Å². The van der Waals surface area contributed by atoms with Crippen LogP contribution in [0.5, 0.6) is 0 Å². The number of nitrogens with zero attached hydrogens (tertiary/aromatic N) is 2. The molecule has 0 amide bonds. The van der Waals surface area contributed by atoms with E-state index in [2.05, 4.69) is 10.2 Å². The number of aromatic nitrogens is 2. The summed E-state index contributed by atoms with van der Waals surface area (Å²) >= 11 is 0. The Labute approximate surface area is 83.7 Å². The monoisotopic (exact) mass is 211 g/mol. The average molecular weight is 211 g/mol. The first-order valence-electron chi connectivity index (χ1n) is 4.17. The third-order valence-electron chi connectivity index (χ3n) is 1.82. The van der Waals surface area contributed by atoms with Gasteiger partial charge in [0.1, 0.15) is 0 Å². The van der Waals surface area contributed by atoms with Crippen molar-refractivity contribution in [2.45, 2.75) is 6.42 Å². The van der Waals surface area contributed by atoms with E-state index in [0.717, 1.165) is 12.1 Å². The van der Waals surface area contributed by atoms with Crippen LogP contribution in [0, 0.1) is 11.6 Å². The lowest BCUT2D eigenvalue weighted by atomic mass is 10.1. The van der Waals surface area contributed by atoms with Crippen LogP contribution < -0.4 is 5.73 Å². The van der Waals surface area contributed by atoms with E-state index in [1.807, 2.05) is 0 Å². The normalized spacial score (nSPS) is 10.5. The smallest absolute Gasteiger partial charge is 0.312 e. The quantitative estimate of drug-likeness (QED) is 0.817. The molecule has 4 nitrogen and oxygen atoms in total. The second-order valence-electron chi connectivity index (χ2n) is 2.96. The van der Waals surface area contributed by atoms with Gasteiger partial charge < -0.3 is 10.2 Å². The minimum Gasteiger partial charge on any atom is -0.408 e. The molecule has 0 aliphatic carbocycles. The Morgan fingerprint density at radius 2 is 2.00 bits per heavy atom. The number of nitrogen functional groups attached to an aromatic ring is 1. The van der Waals surface area contributed by atoms with Gasteiger partial charge in [-0.3, -0.25) is 0 Å². The van der Waals surface area contributed by atoms with Gasteiger partial charge in [-0.1, -0.05) is 11.2 Å². The summed E-state index contributed by atoms with van der Waals surface area (Å²) in [7, 11) is 0. The van der Waals surface area contributed by atoms with Gasteiger partial charge in [-0.15, -0.1) is 5.10 Å². The number of benzene rings is 1. The van der Waals surface area contributed by atoms with Crippen LogP contribution in [0.4, 0.5) is 14.8 Å². The second-order valence-corrected chi connectivity index (χ2v) is 2.96. The number of hydrogen-bond donors (Lipinski definition) is 1. The lowest BCUT2D eigenvalue weighted by molar-refractivity contribution is 0.503. The summed E-state index contributed by atoms with van der Waals surface area (Å²) in [5, 5.41) is 7.05. The lowest BCUT2D eigenvalue weighted by Crippen LogP contribution is -1.91. The number of anilines is 1. The molecule has 1 heterocycles. The number of nitrogens with two attached hydrogens (primary N) is 1. The minimum atomic E-state index is -0.903. The van der Waals surface area contributed by atoms with E-state index in [1.165, 1.54) is 6.07 Å². The zero-order valence-electron chi connectivity index (χ0n) is 7.58. The van der Waals surface area contributed by atoms with Crippen molar-refractivity contribution in [1.82, 2.24) is 10.2 Å². The molecule has 0 saturated carbocycles. The van der Waals surface area contributed by atoms with Crippen molar-refractivity contribution in [3.05, 3.63) is 41.3 Å². The van der Waals surface area contributed by atoms with Crippen LogP contribution in [-0.2, 0) is 6.42 Å². The SMILES string of the molecule is Nc1nnc(Cc2ccc(F)c(F)c2)o1. The fraction of sp³-hybridized carbons (Fsp3) is 0.111. The van der Waals surface area contributed by atoms with E-state index < -0.39 is 11.6 Å². The van der Waals surface area contributed by atoms with E-state index in [4.69, 9.17) is 10.2 Å². The summed E-state index contributed by atoms with van der Waals surface area (Å²) in [4.78, 5) is 0. The molecule has 1 aromatic carbocycles. The largest absolute Gasteiger partial charge is 0.408 e. The highest BCUT2D eigenvalue weighted by Crippen LogP contribution is 2.12. The summed E-state index contributed by atoms with van der Waals surface area (Å²) in [6.45, 7) is 0. The lowest BCUT2D eigenvalue weighted by Gasteiger charge is -1.97. The summed E-state index contributed by atoms with van der Waals surface area (Å²) in [6.07, 6.45) is 0.224. The molecule has 2 aromatic rings. The maximum Gasteiger partial charge on any atom is 0.312 e. The molecular formula is C9H7F2N3O. The van der Waals surface area contributed by atoms with Gasteiger partial charge in [0.2, 0.25) is 5.89 Å². The van der Waals surface area contributed by atoms with Crippen molar-refractivity contribution in [3.8, 4) is 0 Å². The maximum absolute atomic E-state index is 12.8. The summed E-state index contributed by atoms with van der Waals surface area (Å²) < 4.78 is 30.3. The van der Waals surface area contributed by atoms with Crippen molar-refractivity contribution in [3.63, 3.8) is 0 Å². The van der Waals surface area contributed by atoms with Gasteiger partial charge in [-0.05, 0) is 17.7 Å². The molecule has 78 valence electrons. The fourth-order valence-electron chi connectivity index (χ4n) is 1.16. The molecule has 0 spiro atoms. The number of rotatable bonds is 2. The van der Waals surface area contributed by atoms with E-state index in [-0.39, 0.29) is 18.3 Å². The minimum absolute atomic E-state index is 0.0485. The highest BCUT2D eigenvalue weighted by Gasteiger charge is 2.07. The first kappa shape index (κ1) is 9.57. The van der Waals surface area contributed by atoms with Crippen molar-refractivity contribution in [2.24, 2.45) is 0 Å².